The van der Waals surface area contributed by atoms with Gasteiger partial charge in [-0.3, -0.25) is 0 Å². The lowest BCUT2D eigenvalue weighted by Gasteiger charge is -2.16. The molecule has 0 saturated heterocycles. The van der Waals surface area contributed by atoms with Crippen LogP contribution in [0.3, 0.4) is 0 Å². The first-order chi connectivity index (χ1) is 8.70. The lowest BCUT2D eigenvalue weighted by atomic mass is 10.1. The SMILES string of the molecule is C[C@@H](Oc1ccc(C#N)cc1Cl)c1ccccc1. The number of ether oxygens (including phenoxy) is 1. The zero-order valence-electron chi connectivity index (χ0n) is 9.93. The van der Waals surface area contributed by atoms with Crippen LogP contribution in [0.1, 0.15) is 24.2 Å². The van der Waals surface area contributed by atoms with Crippen molar-refractivity contribution in [2.75, 3.05) is 0 Å². The largest absolute Gasteiger partial charge is 0.484 e. The molecule has 3 heteroatoms. The summed E-state index contributed by atoms with van der Waals surface area (Å²) >= 11 is 6.06. The van der Waals surface area contributed by atoms with Crippen LogP contribution < -0.4 is 4.74 Å². The second-order valence-electron chi connectivity index (χ2n) is 3.93. The van der Waals surface area contributed by atoms with Crippen LogP contribution in [0.2, 0.25) is 5.02 Å². The van der Waals surface area contributed by atoms with Crippen molar-refractivity contribution in [1.29, 1.82) is 5.26 Å². The molecule has 0 saturated carbocycles. The van der Waals surface area contributed by atoms with E-state index >= 15 is 0 Å². The van der Waals surface area contributed by atoms with Crippen molar-refractivity contribution < 1.29 is 4.74 Å². The van der Waals surface area contributed by atoms with Crippen molar-refractivity contribution >= 4 is 11.6 Å². The predicted molar refractivity (Wildman–Crippen MR) is 71.7 cm³/mol. The van der Waals surface area contributed by atoms with Gasteiger partial charge in [-0.05, 0) is 30.7 Å². The molecule has 0 bridgehead atoms. The van der Waals surface area contributed by atoms with Gasteiger partial charge in [0, 0.05) is 0 Å². The van der Waals surface area contributed by atoms with Gasteiger partial charge in [0.05, 0.1) is 16.7 Å². The molecule has 0 N–H and O–H groups in total. The smallest absolute Gasteiger partial charge is 0.138 e. The molecule has 2 nitrogen and oxygen atoms in total. The third-order valence-corrected chi connectivity index (χ3v) is 2.93. The number of nitriles is 1. The molecule has 1 atom stereocenters. The van der Waals surface area contributed by atoms with Crippen molar-refractivity contribution in [3.05, 3.63) is 64.7 Å². The van der Waals surface area contributed by atoms with Crippen molar-refractivity contribution in [1.82, 2.24) is 0 Å². The molecule has 0 aliphatic rings. The Hall–Kier alpha value is -1.98. The Morgan fingerprint density at radius 1 is 1.17 bits per heavy atom. The molecule has 90 valence electrons. The number of hydrogen-bond donors (Lipinski definition) is 0. The Kier molecular flexibility index (Phi) is 3.86. The Bertz CT molecular complexity index is 575. The highest BCUT2D eigenvalue weighted by molar-refractivity contribution is 6.32. The number of halogens is 1. The molecular weight excluding hydrogens is 246 g/mol. The number of hydrogen-bond acceptors (Lipinski definition) is 2. The van der Waals surface area contributed by atoms with Gasteiger partial charge in [0.1, 0.15) is 11.9 Å². The Morgan fingerprint density at radius 3 is 2.50 bits per heavy atom. The van der Waals surface area contributed by atoms with Crippen molar-refractivity contribution in [3.8, 4) is 11.8 Å². The zero-order chi connectivity index (χ0) is 13.0. The van der Waals surface area contributed by atoms with Gasteiger partial charge in [-0.1, -0.05) is 41.9 Å². The highest BCUT2D eigenvalue weighted by Gasteiger charge is 2.09. The molecule has 0 fully saturated rings. The van der Waals surface area contributed by atoms with Crippen LogP contribution >= 0.6 is 11.6 Å². The lowest BCUT2D eigenvalue weighted by molar-refractivity contribution is 0.227. The van der Waals surface area contributed by atoms with E-state index in [2.05, 4.69) is 0 Å². The van der Waals surface area contributed by atoms with E-state index in [-0.39, 0.29) is 6.10 Å². The maximum Gasteiger partial charge on any atom is 0.138 e. The minimum atomic E-state index is -0.0864. The van der Waals surface area contributed by atoms with Gasteiger partial charge in [0.2, 0.25) is 0 Å². The molecule has 0 aromatic heterocycles. The summed E-state index contributed by atoms with van der Waals surface area (Å²) in [6, 6.07) is 17.0. The normalized spacial score (nSPS) is 11.6. The van der Waals surface area contributed by atoms with E-state index in [0.717, 1.165) is 5.56 Å². The Labute approximate surface area is 111 Å². The van der Waals surface area contributed by atoms with E-state index in [0.29, 0.717) is 16.3 Å². The maximum absolute atomic E-state index is 8.76. The first kappa shape index (κ1) is 12.5. The van der Waals surface area contributed by atoms with Crippen LogP contribution in [0.25, 0.3) is 0 Å². The van der Waals surface area contributed by atoms with Gasteiger partial charge in [-0.25, -0.2) is 0 Å². The average Bonchev–Trinajstić information content (AvgIpc) is 2.42. The predicted octanol–water partition coefficient (Wildman–Crippen LogP) is 4.35. The summed E-state index contributed by atoms with van der Waals surface area (Å²) in [5, 5.41) is 9.22. The van der Waals surface area contributed by atoms with E-state index in [4.69, 9.17) is 21.6 Å². The summed E-state index contributed by atoms with van der Waals surface area (Å²) in [5.41, 5.74) is 1.61. The molecule has 2 rings (SSSR count). The van der Waals surface area contributed by atoms with Gasteiger partial charge in [0.15, 0.2) is 0 Å². The van der Waals surface area contributed by atoms with Crippen molar-refractivity contribution in [3.63, 3.8) is 0 Å². The fourth-order valence-electron chi connectivity index (χ4n) is 1.65. The summed E-state index contributed by atoms with van der Waals surface area (Å²) in [6.07, 6.45) is -0.0864. The highest BCUT2D eigenvalue weighted by Crippen LogP contribution is 2.29. The third kappa shape index (κ3) is 2.82. The number of nitrogens with zero attached hydrogens (tertiary/aromatic N) is 1. The Morgan fingerprint density at radius 2 is 1.89 bits per heavy atom. The van der Waals surface area contributed by atoms with Crippen LogP contribution in [0.5, 0.6) is 5.75 Å². The molecule has 18 heavy (non-hydrogen) atoms. The molecule has 0 unspecified atom stereocenters. The molecule has 2 aromatic rings. The van der Waals surface area contributed by atoms with Crippen molar-refractivity contribution in [2.45, 2.75) is 13.0 Å². The molecule has 2 aromatic carbocycles. The summed E-state index contributed by atoms with van der Waals surface area (Å²) in [5.74, 6) is 0.590. The van der Waals surface area contributed by atoms with Gasteiger partial charge in [-0.15, -0.1) is 0 Å². The summed E-state index contributed by atoms with van der Waals surface area (Å²) in [6.45, 7) is 1.96. The number of benzene rings is 2. The summed E-state index contributed by atoms with van der Waals surface area (Å²) in [4.78, 5) is 0. The zero-order valence-corrected chi connectivity index (χ0v) is 10.7. The number of rotatable bonds is 3. The first-order valence-corrected chi connectivity index (χ1v) is 6.00. The first-order valence-electron chi connectivity index (χ1n) is 5.62. The van der Waals surface area contributed by atoms with Crippen LogP contribution in [-0.4, -0.2) is 0 Å². The summed E-state index contributed by atoms with van der Waals surface area (Å²) < 4.78 is 5.79. The minimum absolute atomic E-state index is 0.0864. The topological polar surface area (TPSA) is 33.0 Å². The quantitative estimate of drug-likeness (QED) is 0.819. The monoisotopic (exact) mass is 257 g/mol. The average molecular weight is 258 g/mol. The van der Waals surface area contributed by atoms with Gasteiger partial charge < -0.3 is 4.74 Å². The Balaban J connectivity index is 2.18. The van der Waals surface area contributed by atoms with Gasteiger partial charge in [0.25, 0.3) is 0 Å². The molecule has 0 amide bonds. The van der Waals surface area contributed by atoms with E-state index in [9.17, 15) is 0 Å². The fourth-order valence-corrected chi connectivity index (χ4v) is 1.87. The minimum Gasteiger partial charge on any atom is -0.484 e. The van der Waals surface area contributed by atoms with E-state index < -0.39 is 0 Å². The van der Waals surface area contributed by atoms with Crippen LogP contribution in [0.15, 0.2) is 48.5 Å². The second-order valence-corrected chi connectivity index (χ2v) is 4.33. The molecule has 0 heterocycles. The van der Waals surface area contributed by atoms with Gasteiger partial charge >= 0.3 is 0 Å². The van der Waals surface area contributed by atoms with Crippen molar-refractivity contribution in [2.24, 2.45) is 0 Å². The van der Waals surface area contributed by atoms with Crippen LogP contribution in [0.4, 0.5) is 0 Å². The molecule has 0 spiro atoms. The van der Waals surface area contributed by atoms with Crippen LogP contribution in [-0.2, 0) is 0 Å². The second kappa shape index (κ2) is 5.57. The molecule has 0 aliphatic carbocycles. The van der Waals surface area contributed by atoms with E-state index in [1.165, 1.54) is 0 Å². The highest BCUT2D eigenvalue weighted by atomic mass is 35.5. The summed E-state index contributed by atoms with van der Waals surface area (Å²) in [7, 11) is 0. The fraction of sp³-hybridized carbons (Fsp3) is 0.133. The van der Waals surface area contributed by atoms with Crippen LogP contribution in [0, 0.1) is 11.3 Å². The third-order valence-electron chi connectivity index (χ3n) is 2.63. The van der Waals surface area contributed by atoms with E-state index in [1.807, 2.05) is 43.3 Å². The van der Waals surface area contributed by atoms with E-state index in [1.54, 1.807) is 18.2 Å². The lowest BCUT2D eigenvalue weighted by Crippen LogP contribution is -2.03. The molecule has 0 radical (unpaired) electrons. The maximum atomic E-state index is 8.76. The molecule has 0 aliphatic heterocycles. The molecular formula is C15H12ClNO. The van der Waals surface area contributed by atoms with Gasteiger partial charge in [-0.2, -0.15) is 5.26 Å². The standard InChI is InChI=1S/C15H12ClNO/c1-11(13-5-3-2-4-6-13)18-15-8-7-12(10-17)9-14(15)16/h2-9,11H,1H3/t11-/m1/s1.